The van der Waals surface area contributed by atoms with E-state index < -0.39 is 0 Å². The van der Waals surface area contributed by atoms with Gasteiger partial charge in [0, 0.05) is 12.2 Å². The fourth-order valence-corrected chi connectivity index (χ4v) is 3.63. The van der Waals surface area contributed by atoms with Crippen LogP contribution in [-0.2, 0) is 6.54 Å². The zero-order chi connectivity index (χ0) is 16.1. The minimum atomic E-state index is 0.483. The molecule has 2 aromatic rings. The van der Waals surface area contributed by atoms with Crippen molar-refractivity contribution in [2.75, 3.05) is 11.9 Å². The lowest BCUT2D eigenvalue weighted by molar-refractivity contribution is 0.358. The Morgan fingerprint density at radius 2 is 1.82 bits per heavy atom. The molecule has 0 saturated heterocycles. The van der Waals surface area contributed by atoms with Gasteiger partial charge in [0.2, 0.25) is 0 Å². The van der Waals surface area contributed by atoms with Gasteiger partial charge < -0.3 is 10.1 Å². The van der Waals surface area contributed by atoms with Gasteiger partial charge in [0.1, 0.15) is 12.4 Å². The monoisotopic (exact) mass is 423 g/mol. The number of hydrogen-bond acceptors (Lipinski definition) is 2. The van der Waals surface area contributed by atoms with Gasteiger partial charge in [0.25, 0.3) is 0 Å². The predicted octanol–water partition coefficient (Wildman–Crippen LogP) is 6.01. The zero-order valence-electron chi connectivity index (χ0n) is 12.7. The predicted molar refractivity (Wildman–Crippen MR) is 101 cm³/mol. The van der Waals surface area contributed by atoms with Crippen LogP contribution in [0.2, 0.25) is 0 Å². The quantitative estimate of drug-likeness (QED) is 0.573. The lowest BCUT2D eigenvalue weighted by Crippen LogP contribution is -2.02. The number of halogens is 2. The van der Waals surface area contributed by atoms with Crippen molar-refractivity contribution in [3.63, 3.8) is 0 Å². The van der Waals surface area contributed by atoms with Crippen LogP contribution in [0.1, 0.15) is 16.7 Å². The van der Waals surface area contributed by atoms with Crippen molar-refractivity contribution in [1.82, 2.24) is 0 Å². The molecule has 0 radical (unpaired) electrons. The van der Waals surface area contributed by atoms with Crippen molar-refractivity contribution in [3.05, 3.63) is 68.6 Å². The number of benzene rings is 2. The van der Waals surface area contributed by atoms with Crippen molar-refractivity contribution < 1.29 is 4.74 Å². The molecule has 1 N–H and O–H groups in total. The van der Waals surface area contributed by atoms with Gasteiger partial charge in [-0.05, 0) is 80.6 Å². The van der Waals surface area contributed by atoms with E-state index in [1.807, 2.05) is 0 Å². The van der Waals surface area contributed by atoms with Gasteiger partial charge >= 0.3 is 0 Å². The van der Waals surface area contributed by atoms with Crippen LogP contribution in [0, 0.1) is 13.8 Å². The van der Waals surface area contributed by atoms with Crippen LogP contribution >= 0.6 is 31.9 Å². The highest BCUT2D eigenvalue weighted by Crippen LogP contribution is 2.35. The van der Waals surface area contributed by atoms with E-state index in [0.29, 0.717) is 6.61 Å². The molecule has 2 aromatic carbocycles. The Labute approximate surface area is 148 Å². The molecule has 0 amide bonds. The Kier molecular flexibility index (Phi) is 6.09. The van der Waals surface area contributed by atoms with Crippen molar-refractivity contribution in [3.8, 4) is 5.75 Å². The fraction of sp³-hybridized carbons (Fsp3) is 0.222. The first-order chi connectivity index (χ1) is 10.5. The second-order valence-corrected chi connectivity index (χ2v) is 6.87. The van der Waals surface area contributed by atoms with E-state index in [9.17, 15) is 0 Å². The third kappa shape index (κ3) is 4.37. The Hall–Kier alpha value is -1.26. The molecule has 2 nitrogen and oxygen atoms in total. The molecule has 0 aliphatic heterocycles. The molecule has 0 aliphatic rings. The molecule has 0 aliphatic carbocycles. The number of hydrogen-bond donors (Lipinski definition) is 1. The molecule has 0 spiro atoms. The maximum Gasteiger partial charge on any atom is 0.148 e. The highest BCUT2D eigenvalue weighted by Gasteiger charge is 2.09. The van der Waals surface area contributed by atoms with Crippen molar-refractivity contribution in [2.45, 2.75) is 20.4 Å². The van der Waals surface area contributed by atoms with E-state index in [-0.39, 0.29) is 0 Å². The van der Waals surface area contributed by atoms with Crippen LogP contribution in [0.5, 0.6) is 5.75 Å². The lowest BCUT2D eigenvalue weighted by Gasteiger charge is -2.13. The molecule has 0 fully saturated rings. The molecular formula is C18H19Br2NO. The van der Waals surface area contributed by atoms with E-state index in [1.54, 1.807) is 6.08 Å². The molecule has 116 valence electrons. The molecule has 2 rings (SSSR count). The lowest BCUT2D eigenvalue weighted by atomic mass is 10.1. The molecule has 0 atom stereocenters. The first kappa shape index (κ1) is 17.1. The third-order valence-corrected chi connectivity index (χ3v) is 4.46. The van der Waals surface area contributed by atoms with E-state index >= 15 is 0 Å². The molecule has 0 heterocycles. The minimum Gasteiger partial charge on any atom is -0.487 e. The van der Waals surface area contributed by atoms with Gasteiger partial charge in [-0.25, -0.2) is 0 Å². The second kappa shape index (κ2) is 7.84. The van der Waals surface area contributed by atoms with Crippen molar-refractivity contribution >= 4 is 37.5 Å². The maximum absolute atomic E-state index is 5.64. The standard InChI is InChI=1S/C18H19Br2NO/c1-4-7-22-18-15(19)9-14(10-16(18)20)11-21-17-8-12(2)5-6-13(17)3/h4-6,8-10,21H,1,7,11H2,2-3H3. The van der Waals surface area contributed by atoms with Crippen LogP contribution in [-0.4, -0.2) is 6.61 Å². The number of aryl methyl sites for hydroxylation is 2. The van der Waals surface area contributed by atoms with Crippen LogP contribution in [0.4, 0.5) is 5.69 Å². The maximum atomic E-state index is 5.64. The van der Waals surface area contributed by atoms with E-state index in [4.69, 9.17) is 4.74 Å². The van der Waals surface area contributed by atoms with Gasteiger partial charge in [-0.1, -0.05) is 24.8 Å². The van der Waals surface area contributed by atoms with Crippen LogP contribution < -0.4 is 10.1 Å². The molecule has 0 aromatic heterocycles. The summed E-state index contributed by atoms with van der Waals surface area (Å²) in [5.74, 6) is 0.801. The zero-order valence-corrected chi connectivity index (χ0v) is 15.9. The van der Waals surface area contributed by atoms with Crippen LogP contribution in [0.3, 0.4) is 0 Å². The Morgan fingerprint density at radius 3 is 2.45 bits per heavy atom. The number of ether oxygens (including phenoxy) is 1. The summed E-state index contributed by atoms with van der Waals surface area (Å²) in [5, 5.41) is 3.49. The average Bonchev–Trinajstić information content (AvgIpc) is 2.47. The fourth-order valence-electron chi connectivity index (χ4n) is 2.12. The van der Waals surface area contributed by atoms with E-state index in [2.05, 4.69) is 87.9 Å². The second-order valence-electron chi connectivity index (χ2n) is 5.16. The summed E-state index contributed by atoms with van der Waals surface area (Å²) in [6, 6.07) is 10.6. The normalized spacial score (nSPS) is 10.4. The Morgan fingerprint density at radius 1 is 1.14 bits per heavy atom. The molecule has 22 heavy (non-hydrogen) atoms. The third-order valence-electron chi connectivity index (χ3n) is 3.28. The number of anilines is 1. The highest BCUT2D eigenvalue weighted by atomic mass is 79.9. The topological polar surface area (TPSA) is 21.3 Å². The highest BCUT2D eigenvalue weighted by molar-refractivity contribution is 9.11. The Balaban J connectivity index is 2.13. The van der Waals surface area contributed by atoms with Crippen LogP contribution in [0.25, 0.3) is 0 Å². The first-order valence-electron chi connectivity index (χ1n) is 7.04. The Bertz CT molecular complexity index is 660. The summed E-state index contributed by atoms with van der Waals surface area (Å²) in [6.07, 6.45) is 1.73. The minimum absolute atomic E-state index is 0.483. The average molecular weight is 425 g/mol. The molecule has 0 bridgehead atoms. The molecule has 0 saturated carbocycles. The summed E-state index contributed by atoms with van der Waals surface area (Å²) in [7, 11) is 0. The summed E-state index contributed by atoms with van der Waals surface area (Å²) in [6.45, 7) is 9.11. The summed E-state index contributed by atoms with van der Waals surface area (Å²) >= 11 is 7.13. The summed E-state index contributed by atoms with van der Waals surface area (Å²) in [5.41, 5.74) is 4.84. The number of nitrogens with one attached hydrogen (secondary N) is 1. The largest absolute Gasteiger partial charge is 0.487 e. The molecule has 4 heteroatoms. The van der Waals surface area contributed by atoms with Crippen molar-refractivity contribution in [1.29, 1.82) is 0 Å². The summed E-state index contributed by atoms with van der Waals surface area (Å²) < 4.78 is 7.50. The number of rotatable bonds is 6. The molecule has 0 unspecified atom stereocenters. The summed E-state index contributed by atoms with van der Waals surface area (Å²) in [4.78, 5) is 0. The van der Waals surface area contributed by atoms with Crippen molar-refractivity contribution in [2.24, 2.45) is 0 Å². The SMILES string of the molecule is C=CCOc1c(Br)cc(CNc2cc(C)ccc2C)cc1Br. The van der Waals surface area contributed by atoms with Gasteiger partial charge in [0.15, 0.2) is 0 Å². The van der Waals surface area contributed by atoms with Gasteiger partial charge in [-0.2, -0.15) is 0 Å². The van der Waals surface area contributed by atoms with Gasteiger partial charge in [0.05, 0.1) is 8.95 Å². The van der Waals surface area contributed by atoms with Crippen LogP contribution in [0.15, 0.2) is 51.9 Å². The smallest absolute Gasteiger partial charge is 0.148 e. The first-order valence-corrected chi connectivity index (χ1v) is 8.62. The molecular weight excluding hydrogens is 406 g/mol. The van der Waals surface area contributed by atoms with E-state index in [0.717, 1.165) is 21.2 Å². The van der Waals surface area contributed by atoms with Gasteiger partial charge in [-0.3, -0.25) is 0 Å². The van der Waals surface area contributed by atoms with Gasteiger partial charge in [-0.15, -0.1) is 0 Å². The van der Waals surface area contributed by atoms with E-state index in [1.165, 1.54) is 22.4 Å².